The summed E-state index contributed by atoms with van der Waals surface area (Å²) in [6.07, 6.45) is 1.11. The zero-order valence-electron chi connectivity index (χ0n) is 10.6. The van der Waals surface area contributed by atoms with Gasteiger partial charge in [0.15, 0.2) is 0 Å². The molecule has 0 aromatic heterocycles. The third-order valence-corrected chi connectivity index (χ3v) is 3.72. The number of ether oxygens (including phenoxy) is 1. The Bertz CT molecular complexity index is 350. The summed E-state index contributed by atoms with van der Waals surface area (Å²) in [7, 11) is 1.69. The maximum atomic E-state index is 9.16. The van der Waals surface area contributed by atoms with Crippen molar-refractivity contribution in [2.24, 2.45) is 5.92 Å². The molecule has 1 saturated heterocycles. The van der Waals surface area contributed by atoms with E-state index in [2.05, 4.69) is 24.0 Å². The predicted octanol–water partition coefficient (Wildman–Crippen LogP) is 2.07. The summed E-state index contributed by atoms with van der Waals surface area (Å²) >= 11 is 0. The molecule has 0 radical (unpaired) electrons. The number of aliphatic hydroxyl groups is 1. The molecule has 0 spiro atoms. The SMILES string of the molecule is COc1ccc(C(C)N2CC[C@@H](CO)C2)cc1. The van der Waals surface area contributed by atoms with Gasteiger partial charge in [-0.1, -0.05) is 12.1 Å². The van der Waals surface area contributed by atoms with E-state index in [1.807, 2.05) is 12.1 Å². The minimum Gasteiger partial charge on any atom is -0.497 e. The molecule has 0 bridgehead atoms. The number of rotatable bonds is 4. The number of hydrogen-bond acceptors (Lipinski definition) is 3. The minimum absolute atomic E-state index is 0.311. The lowest BCUT2D eigenvalue weighted by atomic mass is 10.1. The number of aliphatic hydroxyl groups excluding tert-OH is 1. The number of methoxy groups -OCH3 is 1. The van der Waals surface area contributed by atoms with E-state index in [1.165, 1.54) is 5.56 Å². The van der Waals surface area contributed by atoms with Gasteiger partial charge >= 0.3 is 0 Å². The highest BCUT2D eigenvalue weighted by Crippen LogP contribution is 2.28. The molecule has 0 amide bonds. The fraction of sp³-hybridized carbons (Fsp3) is 0.571. The van der Waals surface area contributed by atoms with E-state index < -0.39 is 0 Å². The maximum absolute atomic E-state index is 9.16. The van der Waals surface area contributed by atoms with Gasteiger partial charge in [0.25, 0.3) is 0 Å². The number of likely N-dealkylation sites (tertiary alicyclic amines) is 1. The second-order valence-electron chi connectivity index (χ2n) is 4.78. The van der Waals surface area contributed by atoms with Crippen LogP contribution in [-0.2, 0) is 0 Å². The number of nitrogens with zero attached hydrogens (tertiary/aromatic N) is 1. The molecule has 1 aromatic rings. The molecule has 0 aliphatic carbocycles. The molecule has 1 aliphatic rings. The molecular weight excluding hydrogens is 214 g/mol. The van der Waals surface area contributed by atoms with Crippen molar-refractivity contribution in [1.29, 1.82) is 0 Å². The van der Waals surface area contributed by atoms with Crippen LogP contribution in [0.3, 0.4) is 0 Å². The highest BCUT2D eigenvalue weighted by atomic mass is 16.5. The molecule has 1 unspecified atom stereocenters. The number of hydrogen-bond donors (Lipinski definition) is 1. The van der Waals surface area contributed by atoms with Crippen molar-refractivity contribution in [2.75, 3.05) is 26.8 Å². The molecular formula is C14H21NO2. The highest BCUT2D eigenvalue weighted by Gasteiger charge is 2.26. The van der Waals surface area contributed by atoms with Gasteiger partial charge < -0.3 is 9.84 Å². The van der Waals surface area contributed by atoms with E-state index in [-0.39, 0.29) is 0 Å². The molecule has 17 heavy (non-hydrogen) atoms. The van der Waals surface area contributed by atoms with E-state index in [9.17, 15) is 0 Å². The second-order valence-corrected chi connectivity index (χ2v) is 4.78. The third kappa shape index (κ3) is 2.79. The van der Waals surface area contributed by atoms with Crippen LogP contribution in [0.5, 0.6) is 5.75 Å². The van der Waals surface area contributed by atoms with Gasteiger partial charge in [-0.15, -0.1) is 0 Å². The Morgan fingerprint density at radius 2 is 2.12 bits per heavy atom. The Morgan fingerprint density at radius 1 is 1.41 bits per heavy atom. The zero-order valence-corrected chi connectivity index (χ0v) is 10.6. The Balaban J connectivity index is 2.01. The van der Waals surface area contributed by atoms with Crippen LogP contribution in [-0.4, -0.2) is 36.8 Å². The Kier molecular flexibility index (Phi) is 4.02. The monoisotopic (exact) mass is 235 g/mol. The van der Waals surface area contributed by atoms with E-state index in [0.717, 1.165) is 25.3 Å². The van der Waals surface area contributed by atoms with Crippen molar-refractivity contribution in [3.63, 3.8) is 0 Å². The largest absolute Gasteiger partial charge is 0.497 e. The molecule has 0 saturated carbocycles. The van der Waals surface area contributed by atoms with Crippen LogP contribution in [0.15, 0.2) is 24.3 Å². The quantitative estimate of drug-likeness (QED) is 0.867. The molecule has 2 atom stereocenters. The summed E-state index contributed by atoms with van der Waals surface area (Å²) in [5, 5.41) is 9.16. The molecule has 1 aromatic carbocycles. The molecule has 94 valence electrons. The predicted molar refractivity (Wildman–Crippen MR) is 68.2 cm³/mol. The molecule has 2 rings (SSSR count). The van der Waals surface area contributed by atoms with E-state index >= 15 is 0 Å². The maximum Gasteiger partial charge on any atom is 0.118 e. The first-order chi connectivity index (χ1) is 8.24. The van der Waals surface area contributed by atoms with Gasteiger partial charge in [-0.05, 0) is 43.5 Å². The highest BCUT2D eigenvalue weighted by molar-refractivity contribution is 5.29. The molecule has 3 nitrogen and oxygen atoms in total. The van der Waals surface area contributed by atoms with Crippen LogP contribution in [0.4, 0.5) is 0 Å². The Hall–Kier alpha value is -1.06. The average molecular weight is 235 g/mol. The van der Waals surface area contributed by atoms with Crippen molar-refractivity contribution >= 4 is 0 Å². The van der Waals surface area contributed by atoms with Gasteiger partial charge in [0.05, 0.1) is 7.11 Å². The fourth-order valence-corrected chi connectivity index (χ4v) is 2.46. The number of benzene rings is 1. The van der Waals surface area contributed by atoms with Crippen LogP contribution >= 0.6 is 0 Å². The topological polar surface area (TPSA) is 32.7 Å². The normalized spacial score (nSPS) is 22.6. The van der Waals surface area contributed by atoms with Crippen LogP contribution in [0.25, 0.3) is 0 Å². The van der Waals surface area contributed by atoms with E-state index in [0.29, 0.717) is 18.6 Å². The average Bonchev–Trinajstić information content (AvgIpc) is 2.87. The van der Waals surface area contributed by atoms with Crippen molar-refractivity contribution < 1.29 is 9.84 Å². The zero-order chi connectivity index (χ0) is 12.3. The molecule has 1 N–H and O–H groups in total. The van der Waals surface area contributed by atoms with Gasteiger partial charge in [0.2, 0.25) is 0 Å². The van der Waals surface area contributed by atoms with Crippen molar-refractivity contribution in [2.45, 2.75) is 19.4 Å². The summed E-state index contributed by atoms with van der Waals surface area (Å²) in [4.78, 5) is 2.43. The smallest absolute Gasteiger partial charge is 0.118 e. The third-order valence-electron chi connectivity index (χ3n) is 3.72. The van der Waals surface area contributed by atoms with Gasteiger partial charge in [0, 0.05) is 19.2 Å². The van der Waals surface area contributed by atoms with Crippen LogP contribution in [0.1, 0.15) is 24.9 Å². The Labute approximate surface area is 103 Å². The van der Waals surface area contributed by atoms with Crippen LogP contribution < -0.4 is 4.74 Å². The lowest BCUT2D eigenvalue weighted by Gasteiger charge is -2.24. The van der Waals surface area contributed by atoms with Crippen molar-refractivity contribution in [3.05, 3.63) is 29.8 Å². The summed E-state index contributed by atoms with van der Waals surface area (Å²) in [6.45, 7) is 4.62. The summed E-state index contributed by atoms with van der Waals surface area (Å²) in [6, 6.07) is 8.67. The van der Waals surface area contributed by atoms with Crippen molar-refractivity contribution in [1.82, 2.24) is 4.90 Å². The fourth-order valence-electron chi connectivity index (χ4n) is 2.46. The first-order valence-electron chi connectivity index (χ1n) is 6.23. The summed E-state index contributed by atoms with van der Waals surface area (Å²) < 4.78 is 5.16. The molecule has 3 heteroatoms. The van der Waals surface area contributed by atoms with Gasteiger partial charge in [-0.2, -0.15) is 0 Å². The standard InChI is InChI=1S/C14H21NO2/c1-11(15-8-7-12(9-15)10-16)13-3-5-14(17-2)6-4-13/h3-6,11-12,16H,7-10H2,1-2H3/t11?,12-/m1/s1. The summed E-state index contributed by atoms with van der Waals surface area (Å²) in [5.41, 5.74) is 1.31. The van der Waals surface area contributed by atoms with Gasteiger partial charge in [0.1, 0.15) is 5.75 Å². The molecule has 1 aliphatic heterocycles. The van der Waals surface area contributed by atoms with Crippen LogP contribution in [0, 0.1) is 5.92 Å². The van der Waals surface area contributed by atoms with E-state index in [4.69, 9.17) is 9.84 Å². The lowest BCUT2D eigenvalue weighted by molar-refractivity contribution is 0.204. The van der Waals surface area contributed by atoms with Gasteiger partial charge in [-0.3, -0.25) is 4.90 Å². The Morgan fingerprint density at radius 3 is 2.65 bits per heavy atom. The lowest BCUT2D eigenvalue weighted by Crippen LogP contribution is -2.25. The molecule has 1 heterocycles. The van der Waals surface area contributed by atoms with E-state index in [1.54, 1.807) is 7.11 Å². The van der Waals surface area contributed by atoms with Crippen LogP contribution in [0.2, 0.25) is 0 Å². The second kappa shape index (κ2) is 5.52. The first kappa shape index (κ1) is 12.4. The van der Waals surface area contributed by atoms with Gasteiger partial charge in [-0.25, -0.2) is 0 Å². The first-order valence-corrected chi connectivity index (χ1v) is 6.23. The van der Waals surface area contributed by atoms with Crippen molar-refractivity contribution in [3.8, 4) is 5.75 Å². The summed E-state index contributed by atoms with van der Waals surface area (Å²) in [5.74, 6) is 1.35. The molecule has 1 fully saturated rings. The minimum atomic E-state index is 0.311.